The van der Waals surface area contributed by atoms with E-state index in [0.29, 0.717) is 23.4 Å². The molecule has 0 bridgehead atoms. The predicted molar refractivity (Wildman–Crippen MR) is 109 cm³/mol. The minimum absolute atomic E-state index is 0.0858. The van der Waals surface area contributed by atoms with Crippen LogP contribution in [-0.4, -0.2) is 60.0 Å². The topological polar surface area (TPSA) is 65.7 Å². The average molecular weight is 383 g/mol. The molecular formula is C21H29N5O2. The number of rotatable bonds is 5. The third-order valence-corrected chi connectivity index (χ3v) is 5.72. The second-order valence-electron chi connectivity index (χ2n) is 8.12. The van der Waals surface area contributed by atoms with Gasteiger partial charge >= 0.3 is 0 Å². The number of anilines is 2. The van der Waals surface area contributed by atoms with Crippen LogP contribution in [-0.2, 0) is 0 Å². The van der Waals surface area contributed by atoms with Crippen molar-refractivity contribution in [2.75, 3.05) is 37.0 Å². The zero-order valence-electron chi connectivity index (χ0n) is 17.2. The van der Waals surface area contributed by atoms with Crippen LogP contribution >= 0.6 is 0 Å². The molecule has 0 radical (unpaired) electrons. The number of hydrogen-bond acceptors (Lipinski definition) is 6. The van der Waals surface area contributed by atoms with Crippen molar-refractivity contribution >= 4 is 17.5 Å². The van der Waals surface area contributed by atoms with Crippen LogP contribution in [0.1, 0.15) is 47.6 Å². The van der Waals surface area contributed by atoms with Gasteiger partial charge in [-0.3, -0.25) is 4.79 Å². The van der Waals surface area contributed by atoms with Crippen molar-refractivity contribution < 1.29 is 9.21 Å². The van der Waals surface area contributed by atoms with E-state index in [4.69, 9.17) is 4.42 Å². The summed E-state index contributed by atoms with van der Waals surface area (Å²) >= 11 is 0. The van der Waals surface area contributed by atoms with Crippen LogP contribution < -0.4 is 9.80 Å². The molecule has 7 nitrogen and oxygen atoms in total. The largest absolute Gasteiger partial charge is 0.466 e. The highest BCUT2D eigenvalue weighted by Crippen LogP contribution is 2.36. The van der Waals surface area contributed by atoms with Crippen molar-refractivity contribution in [3.05, 3.63) is 35.5 Å². The number of carbonyl (C=O) groups is 1. The highest BCUT2D eigenvalue weighted by molar-refractivity contribution is 5.95. The Balaban J connectivity index is 1.46. The highest BCUT2D eigenvalue weighted by atomic mass is 16.3. The fourth-order valence-corrected chi connectivity index (χ4v) is 4.11. The Morgan fingerprint density at radius 2 is 1.68 bits per heavy atom. The minimum atomic E-state index is 0.0858. The number of aromatic nitrogens is 2. The van der Waals surface area contributed by atoms with Crippen molar-refractivity contribution in [3.8, 4) is 0 Å². The van der Waals surface area contributed by atoms with Gasteiger partial charge in [-0.15, -0.1) is 0 Å². The molecule has 0 spiro atoms. The van der Waals surface area contributed by atoms with Crippen molar-refractivity contribution in [1.29, 1.82) is 0 Å². The zero-order valence-corrected chi connectivity index (χ0v) is 17.2. The molecule has 28 heavy (non-hydrogen) atoms. The number of hydrogen-bond donors (Lipinski definition) is 0. The van der Waals surface area contributed by atoms with E-state index in [1.807, 2.05) is 43.8 Å². The van der Waals surface area contributed by atoms with E-state index in [9.17, 15) is 4.79 Å². The molecule has 7 heteroatoms. The second-order valence-corrected chi connectivity index (χ2v) is 8.12. The van der Waals surface area contributed by atoms with Gasteiger partial charge in [0.05, 0.1) is 5.56 Å². The van der Waals surface area contributed by atoms with Gasteiger partial charge < -0.3 is 19.1 Å². The van der Waals surface area contributed by atoms with Crippen molar-refractivity contribution in [3.63, 3.8) is 0 Å². The zero-order chi connectivity index (χ0) is 19.8. The third kappa shape index (κ3) is 3.70. The standard InChI is InChI=1S/C21H29N5O2/c1-14-11-18(15(2)28-14)21(27)25-9-7-17(8-10-25)26(16-5-6-16)20-12-19(24(3)4)22-13-23-20/h11-13,16-17H,5-10H2,1-4H3. The van der Waals surface area contributed by atoms with Crippen LogP contribution in [0, 0.1) is 13.8 Å². The third-order valence-electron chi connectivity index (χ3n) is 5.72. The molecule has 150 valence electrons. The smallest absolute Gasteiger partial charge is 0.257 e. The van der Waals surface area contributed by atoms with Crippen molar-refractivity contribution in [2.24, 2.45) is 0 Å². The molecule has 0 unspecified atom stereocenters. The van der Waals surface area contributed by atoms with Gasteiger partial charge in [-0.25, -0.2) is 9.97 Å². The Morgan fingerprint density at radius 3 is 2.25 bits per heavy atom. The number of carbonyl (C=O) groups excluding carboxylic acids is 1. The van der Waals surface area contributed by atoms with Gasteiger partial charge in [-0.1, -0.05) is 0 Å². The van der Waals surface area contributed by atoms with Crippen LogP contribution in [0.2, 0.25) is 0 Å². The summed E-state index contributed by atoms with van der Waals surface area (Å²) in [7, 11) is 3.99. The van der Waals surface area contributed by atoms with Gasteiger partial charge in [0.15, 0.2) is 0 Å². The van der Waals surface area contributed by atoms with E-state index in [-0.39, 0.29) is 5.91 Å². The molecule has 4 rings (SSSR count). The molecular weight excluding hydrogens is 354 g/mol. The quantitative estimate of drug-likeness (QED) is 0.791. The van der Waals surface area contributed by atoms with Gasteiger partial charge in [-0.05, 0) is 45.6 Å². The predicted octanol–water partition coefficient (Wildman–Crippen LogP) is 3.03. The molecule has 2 fully saturated rings. The van der Waals surface area contributed by atoms with Crippen LogP contribution in [0.25, 0.3) is 0 Å². The van der Waals surface area contributed by atoms with Gasteiger partial charge in [0, 0.05) is 45.3 Å². The van der Waals surface area contributed by atoms with Crippen molar-refractivity contribution in [1.82, 2.24) is 14.9 Å². The van der Waals surface area contributed by atoms with E-state index in [1.165, 1.54) is 12.8 Å². The molecule has 0 aromatic carbocycles. The molecule has 2 aliphatic rings. The first-order chi connectivity index (χ1) is 13.4. The maximum atomic E-state index is 12.9. The van der Waals surface area contributed by atoms with Crippen LogP contribution in [0.5, 0.6) is 0 Å². The monoisotopic (exact) mass is 383 g/mol. The summed E-state index contributed by atoms with van der Waals surface area (Å²) in [5, 5.41) is 0. The Morgan fingerprint density at radius 1 is 1.04 bits per heavy atom. The van der Waals surface area contributed by atoms with E-state index >= 15 is 0 Å². The van der Waals surface area contributed by atoms with Gasteiger partial charge in [0.25, 0.3) is 5.91 Å². The first kappa shape index (κ1) is 18.8. The van der Waals surface area contributed by atoms with E-state index in [2.05, 4.69) is 20.9 Å². The molecule has 0 atom stereocenters. The number of nitrogens with zero attached hydrogens (tertiary/aromatic N) is 5. The molecule has 1 amide bonds. The van der Waals surface area contributed by atoms with Gasteiger partial charge in [0.1, 0.15) is 29.5 Å². The Hall–Kier alpha value is -2.57. The maximum Gasteiger partial charge on any atom is 0.257 e. The highest BCUT2D eigenvalue weighted by Gasteiger charge is 2.37. The Labute approximate surface area is 166 Å². The Kier molecular flexibility index (Phi) is 5.00. The number of amides is 1. The number of aryl methyl sites for hydroxylation is 2. The van der Waals surface area contributed by atoms with Crippen LogP contribution in [0.4, 0.5) is 11.6 Å². The molecule has 1 saturated heterocycles. The molecule has 3 heterocycles. The van der Waals surface area contributed by atoms with E-state index in [0.717, 1.165) is 43.3 Å². The summed E-state index contributed by atoms with van der Waals surface area (Å²) in [4.78, 5) is 28.2. The van der Waals surface area contributed by atoms with Crippen LogP contribution in [0.3, 0.4) is 0 Å². The molecule has 0 N–H and O–H groups in total. The number of furan rings is 1. The summed E-state index contributed by atoms with van der Waals surface area (Å²) in [6.45, 7) is 5.27. The average Bonchev–Trinajstić information content (AvgIpc) is 3.45. The lowest BCUT2D eigenvalue weighted by Gasteiger charge is -2.39. The second kappa shape index (κ2) is 7.45. The minimum Gasteiger partial charge on any atom is -0.466 e. The van der Waals surface area contributed by atoms with Crippen molar-refractivity contribution in [2.45, 2.75) is 51.6 Å². The molecule has 1 saturated carbocycles. The lowest BCUT2D eigenvalue weighted by Crippen LogP contribution is -2.48. The van der Waals surface area contributed by atoms with Gasteiger partial charge in [0.2, 0.25) is 0 Å². The SMILES string of the molecule is Cc1cc(C(=O)N2CCC(N(c3cc(N(C)C)ncn3)C3CC3)CC2)c(C)o1. The normalized spacial score (nSPS) is 17.6. The molecule has 1 aliphatic carbocycles. The molecule has 1 aliphatic heterocycles. The lowest BCUT2D eigenvalue weighted by atomic mass is 10.0. The number of piperidine rings is 1. The fraction of sp³-hybridized carbons (Fsp3) is 0.571. The molecule has 2 aromatic rings. The Bertz CT molecular complexity index is 850. The molecule has 2 aromatic heterocycles. The van der Waals surface area contributed by atoms with E-state index in [1.54, 1.807) is 6.33 Å². The summed E-state index contributed by atoms with van der Waals surface area (Å²) in [5.41, 5.74) is 0.696. The summed E-state index contributed by atoms with van der Waals surface area (Å²) < 4.78 is 5.54. The first-order valence-electron chi connectivity index (χ1n) is 10.1. The lowest BCUT2D eigenvalue weighted by molar-refractivity contribution is 0.0710. The summed E-state index contributed by atoms with van der Waals surface area (Å²) in [6, 6.07) is 4.90. The summed E-state index contributed by atoms with van der Waals surface area (Å²) in [5.74, 6) is 3.52. The van der Waals surface area contributed by atoms with Gasteiger partial charge in [-0.2, -0.15) is 0 Å². The maximum absolute atomic E-state index is 12.9. The van der Waals surface area contributed by atoms with E-state index < -0.39 is 0 Å². The van der Waals surface area contributed by atoms with Crippen LogP contribution in [0.15, 0.2) is 22.9 Å². The first-order valence-corrected chi connectivity index (χ1v) is 10.1. The fourth-order valence-electron chi connectivity index (χ4n) is 4.11. The summed E-state index contributed by atoms with van der Waals surface area (Å²) in [6.07, 6.45) is 6.00. The number of likely N-dealkylation sites (tertiary alicyclic amines) is 1.